The molecule has 1 heterocycles. The van der Waals surface area contributed by atoms with Crippen molar-refractivity contribution in [2.24, 2.45) is 0 Å². The van der Waals surface area contributed by atoms with Crippen LogP contribution in [0.25, 0.3) is 0 Å². The third-order valence-electron chi connectivity index (χ3n) is 3.04. The largest absolute Gasteiger partial charge is 0.465 e. The van der Waals surface area contributed by atoms with Crippen molar-refractivity contribution >= 4 is 17.3 Å². The van der Waals surface area contributed by atoms with E-state index in [4.69, 9.17) is 0 Å². The number of carbonyl (C=O) groups is 1. The monoisotopic (exact) mass is 250 g/mol. The minimum atomic E-state index is -0.481. The summed E-state index contributed by atoms with van der Waals surface area (Å²) in [7, 11) is 1.29. The Morgan fingerprint density at radius 1 is 1.39 bits per heavy atom. The van der Waals surface area contributed by atoms with Gasteiger partial charge in [0.25, 0.3) is 5.69 Å². The van der Waals surface area contributed by atoms with E-state index in [0.717, 1.165) is 25.9 Å². The summed E-state index contributed by atoms with van der Waals surface area (Å²) < 4.78 is 4.63. The van der Waals surface area contributed by atoms with Crippen molar-refractivity contribution in [3.63, 3.8) is 0 Å². The summed E-state index contributed by atoms with van der Waals surface area (Å²) in [6.07, 6.45) is 2.03. The van der Waals surface area contributed by atoms with Gasteiger partial charge in [-0.2, -0.15) is 0 Å². The molecule has 0 atom stereocenters. The van der Waals surface area contributed by atoms with E-state index in [-0.39, 0.29) is 5.69 Å². The van der Waals surface area contributed by atoms with Gasteiger partial charge < -0.3 is 9.64 Å². The van der Waals surface area contributed by atoms with Crippen molar-refractivity contribution in [1.82, 2.24) is 0 Å². The highest BCUT2D eigenvalue weighted by atomic mass is 16.6. The molecule has 1 aliphatic rings. The molecule has 1 aromatic rings. The maximum absolute atomic E-state index is 11.5. The van der Waals surface area contributed by atoms with Crippen LogP contribution >= 0.6 is 0 Å². The first-order valence-corrected chi connectivity index (χ1v) is 5.75. The minimum Gasteiger partial charge on any atom is -0.465 e. The van der Waals surface area contributed by atoms with Gasteiger partial charge in [0, 0.05) is 19.2 Å². The highest BCUT2D eigenvalue weighted by Crippen LogP contribution is 2.31. The lowest BCUT2D eigenvalue weighted by atomic mass is 10.1. The van der Waals surface area contributed by atoms with Crippen LogP contribution in [-0.4, -0.2) is 31.1 Å². The van der Waals surface area contributed by atoms with Crippen LogP contribution in [0.1, 0.15) is 23.2 Å². The van der Waals surface area contributed by atoms with Gasteiger partial charge in [0.05, 0.1) is 17.6 Å². The summed E-state index contributed by atoms with van der Waals surface area (Å²) in [6, 6.07) is 4.32. The van der Waals surface area contributed by atoms with Crippen molar-refractivity contribution in [3.8, 4) is 0 Å². The summed E-state index contributed by atoms with van der Waals surface area (Å²) in [5, 5.41) is 11.0. The molecule has 0 N–H and O–H groups in total. The van der Waals surface area contributed by atoms with Gasteiger partial charge in [-0.25, -0.2) is 4.79 Å². The van der Waals surface area contributed by atoms with Crippen LogP contribution in [0.5, 0.6) is 0 Å². The molecule has 0 aromatic heterocycles. The molecule has 0 radical (unpaired) electrons. The number of nitro benzene ring substituents is 1. The molecule has 0 aliphatic carbocycles. The van der Waals surface area contributed by atoms with Crippen molar-refractivity contribution in [3.05, 3.63) is 33.9 Å². The Labute approximate surface area is 104 Å². The van der Waals surface area contributed by atoms with E-state index in [9.17, 15) is 14.9 Å². The van der Waals surface area contributed by atoms with Gasteiger partial charge >= 0.3 is 5.97 Å². The molecule has 0 spiro atoms. The first-order valence-electron chi connectivity index (χ1n) is 5.75. The van der Waals surface area contributed by atoms with Crippen LogP contribution in [0, 0.1) is 10.1 Å². The summed E-state index contributed by atoms with van der Waals surface area (Å²) in [5.74, 6) is -0.481. The SMILES string of the molecule is COC(=O)c1ccc([N+](=O)[O-])c(N2CCCC2)c1. The van der Waals surface area contributed by atoms with E-state index >= 15 is 0 Å². The predicted molar refractivity (Wildman–Crippen MR) is 65.9 cm³/mol. The lowest BCUT2D eigenvalue weighted by Crippen LogP contribution is -2.19. The number of rotatable bonds is 3. The second-order valence-corrected chi connectivity index (χ2v) is 4.15. The van der Waals surface area contributed by atoms with Gasteiger partial charge in [0.2, 0.25) is 0 Å². The van der Waals surface area contributed by atoms with Crippen molar-refractivity contribution in [2.45, 2.75) is 12.8 Å². The van der Waals surface area contributed by atoms with Crippen molar-refractivity contribution in [2.75, 3.05) is 25.1 Å². The third-order valence-corrected chi connectivity index (χ3v) is 3.04. The fourth-order valence-electron chi connectivity index (χ4n) is 2.13. The summed E-state index contributed by atoms with van der Waals surface area (Å²) in [4.78, 5) is 24.0. The molecule has 6 heteroatoms. The van der Waals surface area contributed by atoms with E-state index in [0.29, 0.717) is 11.3 Å². The highest BCUT2D eigenvalue weighted by Gasteiger charge is 2.23. The lowest BCUT2D eigenvalue weighted by Gasteiger charge is -2.17. The Bertz CT molecular complexity index is 481. The quantitative estimate of drug-likeness (QED) is 0.466. The molecular formula is C12H14N2O4. The van der Waals surface area contributed by atoms with Crippen molar-refractivity contribution < 1.29 is 14.5 Å². The van der Waals surface area contributed by atoms with E-state index in [2.05, 4.69) is 4.74 Å². The van der Waals surface area contributed by atoms with Gasteiger partial charge in [-0.05, 0) is 25.0 Å². The average Bonchev–Trinajstić information content (AvgIpc) is 2.90. The molecule has 0 saturated carbocycles. The molecule has 96 valence electrons. The van der Waals surface area contributed by atoms with Gasteiger partial charge in [0.1, 0.15) is 5.69 Å². The van der Waals surface area contributed by atoms with Crippen LogP contribution in [-0.2, 0) is 4.74 Å². The van der Waals surface area contributed by atoms with Gasteiger partial charge in [-0.1, -0.05) is 0 Å². The lowest BCUT2D eigenvalue weighted by molar-refractivity contribution is -0.384. The molecule has 0 bridgehead atoms. The van der Waals surface area contributed by atoms with Crippen LogP contribution in [0.15, 0.2) is 18.2 Å². The van der Waals surface area contributed by atoms with Crippen LogP contribution < -0.4 is 4.90 Å². The minimum absolute atomic E-state index is 0.0320. The predicted octanol–water partition coefficient (Wildman–Crippen LogP) is 1.98. The standard InChI is InChI=1S/C12H14N2O4/c1-18-12(15)9-4-5-10(14(16)17)11(8-9)13-6-2-3-7-13/h4-5,8H,2-3,6-7H2,1H3. The second-order valence-electron chi connectivity index (χ2n) is 4.15. The summed E-state index contributed by atoms with van der Waals surface area (Å²) in [5.41, 5.74) is 0.870. The molecule has 6 nitrogen and oxygen atoms in total. The highest BCUT2D eigenvalue weighted by molar-refractivity contribution is 5.91. The molecule has 1 aromatic carbocycles. The average molecular weight is 250 g/mol. The molecular weight excluding hydrogens is 236 g/mol. The number of ether oxygens (including phenoxy) is 1. The topological polar surface area (TPSA) is 72.7 Å². The van der Waals surface area contributed by atoms with E-state index in [1.165, 1.54) is 25.3 Å². The normalized spacial score (nSPS) is 14.6. The number of nitrogens with zero attached hydrogens (tertiary/aromatic N) is 2. The Balaban J connectivity index is 2.43. The first kappa shape index (κ1) is 12.3. The van der Waals surface area contributed by atoms with Gasteiger partial charge in [0.15, 0.2) is 0 Å². The number of esters is 1. The van der Waals surface area contributed by atoms with Crippen LogP contribution in [0.4, 0.5) is 11.4 Å². The maximum Gasteiger partial charge on any atom is 0.337 e. The zero-order valence-corrected chi connectivity index (χ0v) is 10.1. The maximum atomic E-state index is 11.5. The fourth-order valence-corrected chi connectivity index (χ4v) is 2.13. The Kier molecular flexibility index (Phi) is 3.45. The van der Waals surface area contributed by atoms with Gasteiger partial charge in [-0.15, -0.1) is 0 Å². The Hall–Kier alpha value is -2.11. The molecule has 18 heavy (non-hydrogen) atoms. The Morgan fingerprint density at radius 2 is 2.06 bits per heavy atom. The van der Waals surface area contributed by atoms with E-state index < -0.39 is 10.9 Å². The number of hydrogen-bond donors (Lipinski definition) is 0. The van der Waals surface area contributed by atoms with E-state index in [1.807, 2.05) is 4.90 Å². The number of anilines is 1. The van der Waals surface area contributed by atoms with Crippen LogP contribution in [0.2, 0.25) is 0 Å². The second kappa shape index (κ2) is 5.03. The first-order chi connectivity index (χ1) is 8.63. The molecule has 1 fully saturated rings. The smallest absolute Gasteiger partial charge is 0.337 e. The van der Waals surface area contributed by atoms with Crippen molar-refractivity contribution in [1.29, 1.82) is 0 Å². The number of nitro groups is 1. The number of benzene rings is 1. The zero-order chi connectivity index (χ0) is 13.1. The molecule has 2 rings (SSSR count). The summed E-state index contributed by atoms with van der Waals surface area (Å²) in [6.45, 7) is 1.57. The molecule has 1 saturated heterocycles. The Morgan fingerprint density at radius 3 is 2.61 bits per heavy atom. The summed E-state index contributed by atoms with van der Waals surface area (Å²) >= 11 is 0. The number of hydrogen-bond acceptors (Lipinski definition) is 5. The van der Waals surface area contributed by atoms with Crippen LogP contribution in [0.3, 0.4) is 0 Å². The number of carbonyl (C=O) groups excluding carboxylic acids is 1. The number of methoxy groups -OCH3 is 1. The third kappa shape index (κ3) is 2.27. The zero-order valence-electron chi connectivity index (χ0n) is 10.1. The molecule has 0 amide bonds. The fraction of sp³-hybridized carbons (Fsp3) is 0.417. The molecule has 1 aliphatic heterocycles. The van der Waals surface area contributed by atoms with E-state index in [1.54, 1.807) is 0 Å². The van der Waals surface area contributed by atoms with Gasteiger partial charge in [-0.3, -0.25) is 10.1 Å². The molecule has 0 unspecified atom stereocenters.